The molecule has 0 aliphatic heterocycles. The van der Waals surface area contributed by atoms with Crippen LogP contribution in [-0.4, -0.2) is 20.1 Å². The first-order valence-electron chi connectivity index (χ1n) is 8.15. The van der Waals surface area contributed by atoms with Gasteiger partial charge in [-0.2, -0.15) is 5.26 Å². The molecule has 1 saturated carbocycles. The molecule has 1 fully saturated rings. The average molecular weight is 336 g/mol. The van der Waals surface area contributed by atoms with E-state index in [0.717, 1.165) is 12.0 Å². The predicted molar refractivity (Wildman–Crippen MR) is 93.3 cm³/mol. The van der Waals surface area contributed by atoms with Crippen molar-refractivity contribution in [2.45, 2.75) is 18.4 Å². The Kier molecular flexibility index (Phi) is 4.90. The summed E-state index contributed by atoms with van der Waals surface area (Å²) in [6.45, 7) is 0. The molecule has 0 spiro atoms. The van der Waals surface area contributed by atoms with E-state index in [1.54, 1.807) is 18.2 Å². The molecule has 2 aromatic rings. The number of rotatable bonds is 6. The summed E-state index contributed by atoms with van der Waals surface area (Å²) in [7, 11) is 3.06. The fourth-order valence-corrected chi connectivity index (χ4v) is 3.12. The average Bonchev–Trinajstić information content (AvgIpc) is 3.47. The largest absolute Gasteiger partial charge is 0.493 e. The van der Waals surface area contributed by atoms with E-state index in [-0.39, 0.29) is 17.7 Å². The number of carbonyl (C=O) groups is 1. The van der Waals surface area contributed by atoms with Crippen LogP contribution in [0.2, 0.25) is 0 Å². The van der Waals surface area contributed by atoms with Crippen molar-refractivity contribution in [1.82, 2.24) is 5.32 Å². The van der Waals surface area contributed by atoms with Gasteiger partial charge in [0.15, 0.2) is 11.5 Å². The van der Waals surface area contributed by atoms with Crippen molar-refractivity contribution in [2.75, 3.05) is 14.2 Å². The standard InChI is InChI=1S/C20H20N2O3/c1-24-18-10-6-9-14(19(18)25-2)17(12-21)22-20(23)16-11-15(16)13-7-4-3-5-8-13/h3-10,15-17H,11H2,1-2H3,(H,22,23)/t15-,16+,17-/m0/s1. The van der Waals surface area contributed by atoms with Crippen molar-refractivity contribution >= 4 is 5.91 Å². The van der Waals surface area contributed by atoms with Gasteiger partial charge < -0.3 is 14.8 Å². The smallest absolute Gasteiger partial charge is 0.225 e. The molecular formula is C20H20N2O3. The quantitative estimate of drug-likeness (QED) is 0.879. The lowest BCUT2D eigenvalue weighted by molar-refractivity contribution is -0.122. The van der Waals surface area contributed by atoms with Crippen LogP contribution in [-0.2, 0) is 4.79 Å². The number of hydrogen-bond acceptors (Lipinski definition) is 4. The maximum atomic E-state index is 12.6. The molecule has 0 saturated heterocycles. The summed E-state index contributed by atoms with van der Waals surface area (Å²) in [5.74, 6) is 1.03. The second-order valence-corrected chi connectivity index (χ2v) is 6.01. The number of nitriles is 1. The second-order valence-electron chi connectivity index (χ2n) is 6.01. The maximum Gasteiger partial charge on any atom is 0.225 e. The summed E-state index contributed by atoms with van der Waals surface area (Å²) in [6.07, 6.45) is 0.809. The zero-order valence-electron chi connectivity index (χ0n) is 14.2. The number of methoxy groups -OCH3 is 2. The first-order valence-corrected chi connectivity index (χ1v) is 8.15. The second kappa shape index (κ2) is 7.27. The van der Waals surface area contributed by atoms with Crippen LogP contribution < -0.4 is 14.8 Å². The molecule has 1 aliphatic carbocycles. The van der Waals surface area contributed by atoms with Crippen LogP contribution in [0.1, 0.15) is 29.5 Å². The summed E-state index contributed by atoms with van der Waals surface area (Å²) < 4.78 is 10.6. The van der Waals surface area contributed by atoms with E-state index in [0.29, 0.717) is 17.1 Å². The Morgan fingerprint density at radius 1 is 1.16 bits per heavy atom. The lowest BCUT2D eigenvalue weighted by atomic mass is 10.0. The highest BCUT2D eigenvalue weighted by atomic mass is 16.5. The molecule has 1 aliphatic rings. The minimum Gasteiger partial charge on any atom is -0.493 e. The molecule has 25 heavy (non-hydrogen) atoms. The monoisotopic (exact) mass is 336 g/mol. The molecule has 3 rings (SSSR count). The van der Waals surface area contributed by atoms with Gasteiger partial charge in [-0.15, -0.1) is 0 Å². The summed E-state index contributed by atoms with van der Waals surface area (Å²) >= 11 is 0. The van der Waals surface area contributed by atoms with Crippen LogP contribution in [0.3, 0.4) is 0 Å². The van der Waals surface area contributed by atoms with E-state index in [1.165, 1.54) is 14.2 Å². The third kappa shape index (κ3) is 3.43. The molecule has 0 radical (unpaired) electrons. The maximum absolute atomic E-state index is 12.6. The molecule has 5 heteroatoms. The Morgan fingerprint density at radius 3 is 2.56 bits per heavy atom. The third-order valence-corrected chi connectivity index (χ3v) is 4.52. The first-order chi connectivity index (χ1) is 12.2. The normalized spacial score (nSPS) is 19.4. The minimum absolute atomic E-state index is 0.0881. The third-order valence-electron chi connectivity index (χ3n) is 4.52. The molecular weight excluding hydrogens is 316 g/mol. The molecule has 1 amide bonds. The van der Waals surface area contributed by atoms with Gasteiger partial charge in [-0.05, 0) is 24.0 Å². The lowest BCUT2D eigenvalue weighted by Crippen LogP contribution is -2.29. The van der Waals surface area contributed by atoms with Crippen molar-refractivity contribution in [1.29, 1.82) is 5.26 Å². The molecule has 0 bridgehead atoms. The Hall–Kier alpha value is -3.00. The van der Waals surface area contributed by atoms with Gasteiger partial charge in [-0.25, -0.2) is 0 Å². The number of benzene rings is 2. The van der Waals surface area contributed by atoms with Crippen LogP contribution in [0, 0.1) is 17.2 Å². The van der Waals surface area contributed by atoms with E-state index in [4.69, 9.17) is 9.47 Å². The highest BCUT2D eigenvalue weighted by molar-refractivity contribution is 5.83. The van der Waals surface area contributed by atoms with Crippen LogP contribution in [0.15, 0.2) is 48.5 Å². The fourth-order valence-electron chi connectivity index (χ4n) is 3.12. The SMILES string of the molecule is COc1cccc([C@H](C#N)NC(=O)[C@@H]2C[C@H]2c2ccccc2)c1OC. The number of nitrogens with zero attached hydrogens (tertiary/aromatic N) is 1. The Bertz CT molecular complexity index is 798. The topological polar surface area (TPSA) is 71.3 Å². The minimum atomic E-state index is -0.783. The van der Waals surface area contributed by atoms with Gasteiger partial charge in [0.2, 0.25) is 5.91 Å². The highest BCUT2D eigenvalue weighted by Gasteiger charge is 2.44. The summed E-state index contributed by atoms with van der Waals surface area (Å²) in [4.78, 5) is 12.6. The molecule has 3 atom stereocenters. The number of ether oxygens (including phenoxy) is 2. The molecule has 0 unspecified atom stereocenters. The van der Waals surface area contributed by atoms with E-state index >= 15 is 0 Å². The molecule has 5 nitrogen and oxygen atoms in total. The first kappa shape index (κ1) is 16.8. The Labute approximate surface area is 147 Å². The predicted octanol–water partition coefficient (Wildman–Crippen LogP) is 3.19. The van der Waals surface area contributed by atoms with Crippen molar-refractivity contribution in [3.63, 3.8) is 0 Å². The van der Waals surface area contributed by atoms with Gasteiger partial charge >= 0.3 is 0 Å². The highest BCUT2D eigenvalue weighted by Crippen LogP contribution is 2.47. The van der Waals surface area contributed by atoms with Crippen molar-refractivity contribution < 1.29 is 14.3 Å². The van der Waals surface area contributed by atoms with Crippen molar-refractivity contribution in [3.8, 4) is 17.6 Å². The number of carbonyl (C=O) groups excluding carboxylic acids is 1. The van der Waals surface area contributed by atoms with Crippen LogP contribution in [0.4, 0.5) is 0 Å². The molecule has 1 N–H and O–H groups in total. The van der Waals surface area contributed by atoms with Crippen LogP contribution in [0.5, 0.6) is 11.5 Å². The van der Waals surface area contributed by atoms with E-state index in [1.807, 2.05) is 30.3 Å². The number of hydrogen-bond donors (Lipinski definition) is 1. The summed E-state index contributed by atoms with van der Waals surface area (Å²) in [5, 5.41) is 12.4. The fraction of sp³-hybridized carbons (Fsp3) is 0.300. The summed E-state index contributed by atoms with van der Waals surface area (Å²) in [6, 6.07) is 16.6. The Balaban J connectivity index is 1.74. The number of nitrogens with one attached hydrogen (secondary N) is 1. The lowest BCUT2D eigenvalue weighted by Gasteiger charge is -2.17. The van der Waals surface area contributed by atoms with Gasteiger partial charge in [0.05, 0.1) is 20.3 Å². The molecule has 0 aromatic heterocycles. The van der Waals surface area contributed by atoms with Gasteiger partial charge in [-0.3, -0.25) is 4.79 Å². The number of para-hydroxylation sites is 1. The van der Waals surface area contributed by atoms with Crippen LogP contribution in [0.25, 0.3) is 0 Å². The van der Waals surface area contributed by atoms with E-state index < -0.39 is 6.04 Å². The van der Waals surface area contributed by atoms with Crippen LogP contribution >= 0.6 is 0 Å². The number of amides is 1. The molecule has 2 aromatic carbocycles. The summed E-state index contributed by atoms with van der Waals surface area (Å²) in [5.41, 5.74) is 1.75. The van der Waals surface area contributed by atoms with Gasteiger partial charge in [0.1, 0.15) is 6.04 Å². The van der Waals surface area contributed by atoms with Crippen molar-refractivity contribution in [2.24, 2.45) is 5.92 Å². The zero-order valence-corrected chi connectivity index (χ0v) is 14.2. The van der Waals surface area contributed by atoms with Gasteiger partial charge in [-0.1, -0.05) is 42.5 Å². The Morgan fingerprint density at radius 2 is 1.92 bits per heavy atom. The molecule has 128 valence electrons. The van der Waals surface area contributed by atoms with E-state index in [9.17, 15) is 10.1 Å². The molecule has 0 heterocycles. The zero-order chi connectivity index (χ0) is 17.8. The van der Waals surface area contributed by atoms with Crippen molar-refractivity contribution in [3.05, 3.63) is 59.7 Å². The van der Waals surface area contributed by atoms with Gasteiger partial charge in [0.25, 0.3) is 0 Å². The van der Waals surface area contributed by atoms with Gasteiger partial charge in [0, 0.05) is 11.5 Å². The van der Waals surface area contributed by atoms with E-state index in [2.05, 4.69) is 11.4 Å².